The van der Waals surface area contributed by atoms with Crippen LogP contribution in [-0.4, -0.2) is 28.1 Å². The van der Waals surface area contributed by atoms with Gasteiger partial charge in [-0.05, 0) is 28.1 Å². The molecule has 2 aromatic rings. The van der Waals surface area contributed by atoms with Crippen molar-refractivity contribution >= 4 is 44.9 Å². The lowest BCUT2D eigenvalue weighted by Gasteiger charge is -2.08. The molecule has 0 saturated heterocycles. The molecule has 8 heteroatoms. The largest absolute Gasteiger partial charge is 0.504 e. The Kier molecular flexibility index (Phi) is 4.17. The predicted octanol–water partition coefficient (Wildman–Crippen LogP) is 3.73. The Bertz CT molecular complexity index is 699. The maximum Gasteiger partial charge on any atom is 0.214 e. The van der Waals surface area contributed by atoms with Crippen molar-refractivity contribution < 1.29 is 19.7 Å². The van der Waals surface area contributed by atoms with Crippen molar-refractivity contribution in [3.8, 4) is 17.2 Å². The lowest BCUT2D eigenvalue weighted by Crippen LogP contribution is -2.03. The molecular weight excluding hydrogens is 373 g/mol. The number of benzene rings is 1. The molecule has 0 spiro atoms. The Labute approximate surface area is 132 Å². The number of aromatic hydroxyl groups is 2. The van der Waals surface area contributed by atoms with E-state index in [1.54, 1.807) is 0 Å². The van der Waals surface area contributed by atoms with Gasteiger partial charge in [0, 0.05) is 0 Å². The van der Waals surface area contributed by atoms with E-state index in [1.807, 2.05) is 0 Å². The summed E-state index contributed by atoms with van der Waals surface area (Å²) < 4.78 is 5.11. The number of ketones is 1. The molecule has 1 aromatic heterocycles. The number of phenolic OH excluding ortho intramolecular Hbond substituents is 2. The van der Waals surface area contributed by atoms with Gasteiger partial charge in [-0.2, -0.15) is 0 Å². The van der Waals surface area contributed by atoms with Crippen LogP contribution in [0, 0.1) is 0 Å². The fraction of sp³-hybridized carbons (Fsp3) is 0.0833. The summed E-state index contributed by atoms with van der Waals surface area (Å²) in [5.41, 5.74) is -0.0431. The number of halogens is 3. The van der Waals surface area contributed by atoms with Gasteiger partial charge in [-0.25, -0.2) is 0 Å². The summed E-state index contributed by atoms with van der Waals surface area (Å²) >= 11 is 14.8. The number of hydrogen-bond donors (Lipinski definition) is 3. The molecule has 0 aliphatic heterocycles. The van der Waals surface area contributed by atoms with Gasteiger partial charge in [0.05, 0.1) is 22.2 Å². The molecule has 1 aromatic carbocycles. The summed E-state index contributed by atoms with van der Waals surface area (Å²) in [7, 11) is 1.33. The molecule has 3 N–H and O–H groups in total. The third-order valence-corrected chi connectivity index (χ3v) is 4.42. The number of aromatic nitrogens is 1. The number of carbonyl (C=O) groups is 1. The number of aromatic amines is 1. The van der Waals surface area contributed by atoms with E-state index in [9.17, 15) is 15.0 Å². The van der Waals surface area contributed by atoms with Gasteiger partial charge >= 0.3 is 0 Å². The molecule has 20 heavy (non-hydrogen) atoms. The van der Waals surface area contributed by atoms with Crippen LogP contribution in [0.15, 0.2) is 16.6 Å². The van der Waals surface area contributed by atoms with Crippen LogP contribution in [0.5, 0.6) is 17.2 Å². The van der Waals surface area contributed by atoms with Crippen LogP contribution >= 0.6 is 39.1 Å². The van der Waals surface area contributed by atoms with Gasteiger partial charge < -0.3 is 19.9 Å². The predicted molar refractivity (Wildman–Crippen MR) is 78.3 cm³/mol. The van der Waals surface area contributed by atoms with E-state index >= 15 is 0 Å². The molecule has 0 atom stereocenters. The van der Waals surface area contributed by atoms with Gasteiger partial charge in [0.25, 0.3) is 0 Å². The van der Waals surface area contributed by atoms with Crippen molar-refractivity contribution in [2.45, 2.75) is 0 Å². The third kappa shape index (κ3) is 2.34. The number of nitrogens with one attached hydrogen (secondary N) is 1. The second kappa shape index (κ2) is 5.55. The lowest BCUT2D eigenvalue weighted by molar-refractivity contribution is 0.103. The number of rotatable bonds is 3. The SMILES string of the molecule is COc1ccc(C(=O)c2[nH]c(Cl)c(Cl)c2Br)c(O)c1O. The summed E-state index contributed by atoms with van der Waals surface area (Å²) in [4.78, 5) is 14.9. The first-order chi connectivity index (χ1) is 9.38. The Hall–Kier alpha value is -1.37. The van der Waals surface area contributed by atoms with Crippen LogP contribution in [0.4, 0.5) is 0 Å². The molecule has 1 heterocycles. The molecule has 0 saturated carbocycles. The van der Waals surface area contributed by atoms with Gasteiger partial charge in [0.2, 0.25) is 11.5 Å². The summed E-state index contributed by atoms with van der Waals surface area (Å²) in [6, 6.07) is 2.69. The molecule has 5 nitrogen and oxygen atoms in total. The van der Waals surface area contributed by atoms with Crippen LogP contribution in [0.25, 0.3) is 0 Å². The fourth-order valence-electron chi connectivity index (χ4n) is 1.63. The van der Waals surface area contributed by atoms with E-state index in [0.717, 1.165) is 0 Å². The monoisotopic (exact) mass is 379 g/mol. The van der Waals surface area contributed by atoms with Gasteiger partial charge in [0.15, 0.2) is 11.5 Å². The van der Waals surface area contributed by atoms with Crippen molar-refractivity contribution in [1.29, 1.82) is 0 Å². The average Bonchev–Trinajstić information content (AvgIpc) is 2.69. The van der Waals surface area contributed by atoms with Crippen LogP contribution in [0.1, 0.15) is 16.1 Å². The summed E-state index contributed by atoms with van der Waals surface area (Å²) in [5, 5.41) is 19.8. The highest BCUT2D eigenvalue weighted by Crippen LogP contribution is 2.40. The standard InChI is InChI=1S/C12H8BrCl2NO4/c1-20-5-3-2-4(10(18)11(5)19)9(17)8-6(13)7(14)12(15)16-8/h2-3,16,18-19H,1H3. The smallest absolute Gasteiger partial charge is 0.214 e. The number of hydrogen-bond acceptors (Lipinski definition) is 4. The van der Waals surface area contributed by atoms with Crippen molar-refractivity contribution in [1.82, 2.24) is 4.98 Å². The molecule has 0 aliphatic carbocycles. The van der Waals surface area contributed by atoms with Crippen LogP contribution in [-0.2, 0) is 0 Å². The quantitative estimate of drug-likeness (QED) is 0.559. The van der Waals surface area contributed by atoms with Gasteiger partial charge in [-0.15, -0.1) is 0 Å². The Morgan fingerprint density at radius 3 is 2.45 bits per heavy atom. The molecule has 0 radical (unpaired) electrons. The molecule has 0 fully saturated rings. The normalized spacial score (nSPS) is 10.6. The van der Waals surface area contributed by atoms with Crippen molar-refractivity contribution in [2.24, 2.45) is 0 Å². The fourth-order valence-corrected chi connectivity index (χ4v) is 2.55. The second-order valence-electron chi connectivity index (χ2n) is 3.78. The molecule has 0 unspecified atom stereocenters. The van der Waals surface area contributed by atoms with E-state index in [0.29, 0.717) is 0 Å². The Balaban J connectivity index is 2.54. The number of carbonyl (C=O) groups excluding carboxylic acids is 1. The second-order valence-corrected chi connectivity index (χ2v) is 5.33. The summed E-state index contributed by atoms with van der Waals surface area (Å²) in [6.07, 6.45) is 0. The highest BCUT2D eigenvalue weighted by atomic mass is 79.9. The number of methoxy groups -OCH3 is 1. The number of H-pyrrole nitrogens is 1. The molecular formula is C12H8BrCl2NO4. The maximum atomic E-state index is 12.3. The average molecular weight is 381 g/mol. The van der Waals surface area contributed by atoms with E-state index in [-0.39, 0.29) is 31.7 Å². The molecule has 0 bridgehead atoms. The third-order valence-electron chi connectivity index (χ3n) is 2.65. The van der Waals surface area contributed by atoms with E-state index in [4.69, 9.17) is 27.9 Å². The van der Waals surface area contributed by atoms with Gasteiger partial charge in [-0.3, -0.25) is 4.79 Å². The minimum atomic E-state index is -0.582. The Morgan fingerprint density at radius 1 is 1.30 bits per heavy atom. The highest BCUT2D eigenvalue weighted by molar-refractivity contribution is 9.10. The molecule has 2 rings (SSSR count). The first-order valence-corrected chi connectivity index (χ1v) is 6.79. The minimum Gasteiger partial charge on any atom is -0.504 e. The zero-order valence-corrected chi connectivity index (χ0v) is 13.1. The van der Waals surface area contributed by atoms with Crippen LogP contribution in [0.3, 0.4) is 0 Å². The summed E-state index contributed by atoms with van der Waals surface area (Å²) in [5.74, 6) is -1.62. The first kappa shape index (κ1) is 15.0. The van der Waals surface area contributed by atoms with E-state index in [2.05, 4.69) is 20.9 Å². The molecule has 0 amide bonds. The topological polar surface area (TPSA) is 82.6 Å². The van der Waals surface area contributed by atoms with Gasteiger partial charge in [-0.1, -0.05) is 23.2 Å². The van der Waals surface area contributed by atoms with Gasteiger partial charge in [0.1, 0.15) is 10.8 Å². The van der Waals surface area contributed by atoms with E-state index < -0.39 is 17.3 Å². The highest BCUT2D eigenvalue weighted by Gasteiger charge is 2.24. The first-order valence-electron chi connectivity index (χ1n) is 5.24. The van der Waals surface area contributed by atoms with E-state index in [1.165, 1.54) is 19.2 Å². The van der Waals surface area contributed by atoms with Crippen LogP contribution in [0.2, 0.25) is 10.2 Å². The summed E-state index contributed by atoms with van der Waals surface area (Å²) in [6.45, 7) is 0. The minimum absolute atomic E-state index is 0.0562. The number of ether oxygens (including phenoxy) is 1. The zero-order valence-electron chi connectivity index (χ0n) is 10.00. The van der Waals surface area contributed by atoms with Crippen molar-refractivity contribution in [3.63, 3.8) is 0 Å². The number of phenols is 2. The Morgan fingerprint density at radius 2 is 1.95 bits per heavy atom. The van der Waals surface area contributed by atoms with Crippen LogP contribution < -0.4 is 4.74 Å². The zero-order chi connectivity index (χ0) is 15.0. The van der Waals surface area contributed by atoms with Crippen molar-refractivity contribution in [3.05, 3.63) is 38.0 Å². The molecule has 106 valence electrons. The van der Waals surface area contributed by atoms with Crippen molar-refractivity contribution in [2.75, 3.05) is 7.11 Å². The maximum absolute atomic E-state index is 12.3. The molecule has 0 aliphatic rings. The lowest BCUT2D eigenvalue weighted by atomic mass is 10.1.